The van der Waals surface area contributed by atoms with Crippen LogP contribution in [-0.4, -0.2) is 48.4 Å². The van der Waals surface area contributed by atoms with E-state index >= 15 is 0 Å². The Morgan fingerprint density at radius 3 is 2.43 bits per heavy atom. The predicted octanol–water partition coefficient (Wildman–Crippen LogP) is 3.14. The number of carbonyl (C=O) groups is 1. The molecule has 1 aliphatic rings. The fourth-order valence-electron chi connectivity index (χ4n) is 2.81. The van der Waals surface area contributed by atoms with E-state index in [2.05, 4.69) is 23.1 Å². The first-order chi connectivity index (χ1) is 11.2. The average Bonchev–Trinajstić information content (AvgIpc) is 2.61. The zero-order chi connectivity index (χ0) is 16.1. The summed E-state index contributed by atoms with van der Waals surface area (Å²) in [5.41, 5.74) is 1.95. The normalized spacial score (nSPS) is 15.6. The van der Waals surface area contributed by atoms with Crippen LogP contribution in [0.4, 0.5) is 0 Å². The van der Waals surface area contributed by atoms with Crippen LogP contribution >= 0.6 is 11.6 Å². The zero-order valence-electron chi connectivity index (χ0n) is 13.0. The van der Waals surface area contributed by atoms with Gasteiger partial charge in [-0.25, -0.2) is 0 Å². The summed E-state index contributed by atoms with van der Waals surface area (Å²) in [5.74, 6) is 0.0951. The number of nitrogens with zero attached hydrogens (tertiary/aromatic N) is 2. The smallest absolute Gasteiger partial charge is 0.253 e. The number of halogens is 1. The van der Waals surface area contributed by atoms with E-state index in [0.29, 0.717) is 10.6 Å². The summed E-state index contributed by atoms with van der Waals surface area (Å²) in [6.45, 7) is 4.42. The van der Waals surface area contributed by atoms with Gasteiger partial charge in [0.2, 0.25) is 0 Å². The number of benzene rings is 2. The molecular formula is C19H20ClN2O. The van der Waals surface area contributed by atoms with Crippen molar-refractivity contribution in [2.24, 2.45) is 0 Å². The molecule has 1 fully saturated rings. The van der Waals surface area contributed by atoms with Crippen molar-refractivity contribution < 1.29 is 4.79 Å². The maximum atomic E-state index is 12.5. The van der Waals surface area contributed by atoms with Gasteiger partial charge in [0, 0.05) is 43.3 Å². The summed E-state index contributed by atoms with van der Waals surface area (Å²) in [7, 11) is 0. The summed E-state index contributed by atoms with van der Waals surface area (Å²) in [6.07, 6.45) is 1.01. The molecule has 1 saturated heterocycles. The molecule has 0 aliphatic carbocycles. The Morgan fingerprint density at radius 2 is 1.78 bits per heavy atom. The summed E-state index contributed by atoms with van der Waals surface area (Å²) in [5, 5.41) is 0.657. The molecule has 0 bridgehead atoms. The maximum Gasteiger partial charge on any atom is 0.253 e. The molecule has 2 aromatic carbocycles. The van der Waals surface area contributed by atoms with Crippen LogP contribution in [0.25, 0.3) is 0 Å². The highest BCUT2D eigenvalue weighted by molar-refractivity contribution is 6.30. The SMILES string of the molecule is O=C(c1ccc(Cl)cc1)N1CCN(CCc2[c]cccc2)CC1. The van der Waals surface area contributed by atoms with Gasteiger partial charge in [-0.3, -0.25) is 9.69 Å². The van der Waals surface area contributed by atoms with Crippen LogP contribution in [0.2, 0.25) is 5.02 Å². The lowest BCUT2D eigenvalue weighted by atomic mass is 10.1. The summed E-state index contributed by atoms with van der Waals surface area (Å²) < 4.78 is 0. The third kappa shape index (κ3) is 4.34. The fraction of sp³-hybridized carbons (Fsp3) is 0.316. The monoisotopic (exact) mass is 327 g/mol. The number of rotatable bonds is 4. The van der Waals surface area contributed by atoms with Crippen LogP contribution < -0.4 is 0 Å². The Morgan fingerprint density at radius 1 is 1.04 bits per heavy atom. The van der Waals surface area contributed by atoms with Crippen molar-refractivity contribution in [1.29, 1.82) is 0 Å². The standard InChI is InChI=1S/C19H20ClN2O/c20-18-8-6-17(7-9-18)19(23)22-14-12-21(13-15-22)11-10-16-4-2-1-3-5-16/h1-4,6-9H,10-15H2. The van der Waals surface area contributed by atoms with Gasteiger partial charge in [-0.05, 0) is 42.3 Å². The van der Waals surface area contributed by atoms with Gasteiger partial charge in [-0.15, -0.1) is 0 Å². The minimum Gasteiger partial charge on any atom is -0.336 e. The first-order valence-electron chi connectivity index (χ1n) is 7.95. The first kappa shape index (κ1) is 16.0. The fourth-order valence-corrected chi connectivity index (χ4v) is 2.94. The van der Waals surface area contributed by atoms with E-state index in [1.165, 1.54) is 5.56 Å². The lowest BCUT2D eigenvalue weighted by Gasteiger charge is -2.34. The van der Waals surface area contributed by atoms with Gasteiger partial charge in [-0.1, -0.05) is 35.9 Å². The number of carbonyl (C=O) groups excluding carboxylic acids is 1. The second kappa shape index (κ2) is 7.62. The molecule has 1 amide bonds. The molecule has 0 atom stereocenters. The van der Waals surface area contributed by atoms with Gasteiger partial charge in [-0.2, -0.15) is 0 Å². The molecule has 0 saturated carbocycles. The molecule has 1 aliphatic heterocycles. The summed E-state index contributed by atoms with van der Waals surface area (Å²) >= 11 is 5.87. The van der Waals surface area contributed by atoms with Crippen molar-refractivity contribution in [1.82, 2.24) is 9.80 Å². The molecule has 3 nitrogen and oxygen atoms in total. The van der Waals surface area contributed by atoms with Gasteiger partial charge in [0.15, 0.2) is 0 Å². The molecule has 0 N–H and O–H groups in total. The topological polar surface area (TPSA) is 23.6 Å². The quantitative estimate of drug-likeness (QED) is 0.861. The van der Waals surface area contributed by atoms with Gasteiger partial charge in [0.05, 0.1) is 0 Å². The minimum atomic E-state index is 0.0951. The van der Waals surface area contributed by atoms with Crippen LogP contribution in [0, 0.1) is 6.07 Å². The maximum absolute atomic E-state index is 12.5. The molecule has 119 valence electrons. The van der Waals surface area contributed by atoms with Crippen molar-refractivity contribution in [3.63, 3.8) is 0 Å². The molecule has 23 heavy (non-hydrogen) atoms. The second-order valence-corrected chi connectivity index (χ2v) is 6.21. The Bertz CT molecular complexity index is 634. The van der Waals surface area contributed by atoms with Crippen molar-refractivity contribution in [2.45, 2.75) is 6.42 Å². The zero-order valence-corrected chi connectivity index (χ0v) is 13.8. The van der Waals surface area contributed by atoms with Gasteiger partial charge in [0.1, 0.15) is 0 Å². The number of piperazine rings is 1. The predicted molar refractivity (Wildman–Crippen MR) is 92.8 cm³/mol. The molecule has 1 heterocycles. The number of hydrogen-bond acceptors (Lipinski definition) is 2. The number of hydrogen-bond donors (Lipinski definition) is 0. The lowest BCUT2D eigenvalue weighted by molar-refractivity contribution is 0.0638. The van der Waals surface area contributed by atoms with E-state index in [9.17, 15) is 4.79 Å². The van der Waals surface area contributed by atoms with Crippen molar-refractivity contribution >= 4 is 17.5 Å². The molecule has 0 aromatic heterocycles. The van der Waals surface area contributed by atoms with Crippen LogP contribution in [0.15, 0.2) is 48.5 Å². The van der Waals surface area contributed by atoms with E-state index in [1.54, 1.807) is 24.3 Å². The Hall–Kier alpha value is -1.84. The molecule has 4 heteroatoms. The van der Waals surface area contributed by atoms with Gasteiger partial charge >= 0.3 is 0 Å². The van der Waals surface area contributed by atoms with Crippen LogP contribution in [0.1, 0.15) is 15.9 Å². The second-order valence-electron chi connectivity index (χ2n) is 5.78. The van der Waals surface area contributed by atoms with Crippen molar-refractivity contribution in [3.05, 3.63) is 70.7 Å². The van der Waals surface area contributed by atoms with E-state index in [4.69, 9.17) is 11.6 Å². The average molecular weight is 328 g/mol. The van der Waals surface area contributed by atoms with E-state index in [1.807, 2.05) is 17.0 Å². The molecule has 1 radical (unpaired) electrons. The largest absolute Gasteiger partial charge is 0.336 e. The summed E-state index contributed by atoms with van der Waals surface area (Å²) in [4.78, 5) is 16.8. The van der Waals surface area contributed by atoms with Crippen LogP contribution in [0.5, 0.6) is 0 Å². The van der Waals surface area contributed by atoms with Gasteiger partial charge in [0.25, 0.3) is 5.91 Å². The first-order valence-corrected chi connectivity index (χ1v) is 8.33. The molecule has 3 rings (SSSR count). The molecule has 0 unspecified atom stereocenters. The lowest BCUT2D eigenvalue weighted by Crippen LogP contribution is -2.49. The van der Waals surface area contributed by atoms with E-state index in [-0.39, 0.29) is 5.91 Å². The van der Waals surface area contributed by atoms with Crippen LogP contribution in [0.3, 0.4) is 0 Å². The van der Waals surface area contributed by atoms with Crippen molar-refractivity contribution in [2.75, 3.05) is 32.7 Å². The Labute approximate surface area is 142 Å². The van der Waals surface area contributed by atoms with Crippen molar-refractivity contribution in [3.8, 4) is 0 Å². The van der Waals surface area contributed by atoms with E-state index in [0.717, 1.165) is 39.1 Å². The minimum absolute atomic E-state index is 0.0951. The van der Waals surface area contributed by atoms with E-state index < -0.39 is 0 Å². The highest BCUT2D eigenvalue weighted by atomic mass is 35.5. The molecular weight excluding hydrogens is 308 g/mol. The molecule has 2 aromatic rings. The highest BCUT2D eigenvalue weighted by Crippen LogP contribution is 2.13. The number of amides is 1. The highest BCUT2D eigenvalue weighted by Gasteiger charge is 2.21. The third-order valence-corrected chi connectivity index (χ3v) is 4.47. The third-order valence-electron chi connectivity index (χ3n) is 4.22. The molecule has 0 spiro atoms. The van der Waals surface area contributed by atoms with Crippen LogP contribution in [-0.2, 0) is 6.42 Å². The summed E-state index contributed by atoms with van der Waals surface area (Å²) in [6, 6.07) is 18.5. The Kier molecular flexibility index (Phi) is 5.31. The van der Waals surface area contributed by atoms with Gasteiger partial charge < -0.3 is 4.90 Å². The Balaban J connectivity index is 1.48.